The van der Waals surface area contributed by atoms with E-state index in [-0.39, 0.29) is 5.91 Å². The number of hydrogen-bond acceptors (Lipinski definition) is 3. The number of aryl methyl sites for hydroxylation is 1. The van der Waals surface area contributed by atoms with Gasteiger partial charge in [-0.1, -0.05) is 6.92 Å². The molecule has 1 amide bonds. The van der Waals surface area contributed by atoms with E-state index in [2.05, 4.69) is 27.1 Å². The second kappa shape index (κ2) is 6.54. The fourth-order valence-corrected chi connectivity index (χ4v) is 2.34. The zero-order chi connectivity index (χ0) is 12.8. The number of imidazole rings is 1. The molecule has 5 heteroatoms. The number of rotatable bonds is 6. The van der Waals surface area contributed by atoms with Gasteiger partial charge in [0.25, 0.3) is 0 Å². The van der Waals surface area contributed by atoms with E-state index in [9.17, 15) is 4.79 Å². The monoisotopic (exact) mass is 250 g/mol. The molecule has 0 spiro atoms. The van der Waals surface area contributed by atoms with Crippen LogP contribution in [0.5, 0.6) is 0 Å². The van der Waals surface area contributed by atoms with E-state index in [1.165, 1.54) is 5.69 Å². The largest absolute Gasteiger partial charge is 0.356 e. The maximum absolute atomic E-state index is 11.6. The lowest BCUT2D eigenvalue weighted by atomic mass is 10.1. The van der Waals surface area contributed by atoms with Gasteiger partial charge in [0.1, 0.15) is 0 Å². The van der Waals surface area contributed by atoms with Crippen LogP contribution in [0.4, 0.5) is 0 Å². The third kappa shape index (κ3) is 3.32. The number of carbonyl (C=O) groups is 1. The second-order valence-electron chi connectivity index (χ2n) is 4.80. The Kier molecular flexibility index (Phi) is 4.75. The Morgan fingerprint density at radius 3 is 3.28 bits per heavy atom. The van der Waals surface area contributed by atoms with Crippen LogP contribution in [0.15, 0.2) is 12.5 Å². The molecule has 100 valence electrons. The minimum absolute atomic E-state index is 0.126. The first-order chi connectivity index (χ1) is 8.81. The first kappa shape index (κ1) is 13.1. The predicted molar refractivity (Wildman–Crippen MR) is 70.4 cm³/mol. The number of aromatic nitrogens is 2. The molecule has 1 atom stereocenters. The van der Waals surface area contributed by atoms with Gasteiger partial charge < -0.3 is 15.2 Å². The van der Waals surface area contributed by atoms with Crippen molar-refractivity contribution in [3.8, 4) is 0 Å². The van der Waals surface area contributed by atoms with Crippen LogP contribution in [0.25, 0.3) is 0 Å². The number of nitrogens with one attached hydrogen (secondary N) is 2. The molecule has 1 aliphatic heterocycles. The SMILES string of the molecule is CCCNC(=O)CCn1cncc1C1CCNC1. The fourth-order valence-electron chi connectivity index (χ4n) is 2.34. The van der Waals surface area contributed by atoms with Crippen LogP contribution in [-0.4, -0.2) is 35.1 Å². The number of nitrogens with zero attached hydrogens (tertiary/aromatic N) is 2. The summed E-state index contributed by atoms with van der Waals surface area (Å²) in [6.45, 7) is 5.64. The molecule has 1 aromatic heterocycles. The van der Waals surface area contributed by atoms with E-state index in [4.69, 9.17) is 0 Å². The molecular weight excluding hydrogens is 228 g/mol. The molecule has 0 radical (unpaired) electrons. The molecule has 1 fully saturated rings. The van der Waals surface area contributed by atoms with E-state index in [1.54, 1.807) is 0 Å². The number of hydrogen-bond donors (Lipinski definition) is 2. The van der Waals surface area contributed by atoms with Crippen LogP contribution in [0.1, 0.15) is 37.8 Å². The van der Waals surface area contributed by atoms with Crippen molar-refractivity contribution in [1.29, 1.82) is 0 Å². The standard InChI is InChI=1S/C13H22N4O/c1-2-5-16-13(18)4-7-17-10-15-9-12(17)11-3-6-14-8-11/h9-11,14H,2-8H2,1H3,(H,16,18). The molecule has 0 aliphatic carbocycles. The van der Waals surface area contributed by atoms with E-state index in [1.807, 2.05) is 12.5 Å². The highest BCUT2D eigenvalue weighted by Crippen LogP contribution is 2.21. The first-order valence-electron chi connectivity index (χ1n) is 6.78. The minimum Gasteiger partial charge on any atom is -0.356 e. The van der Waals surface area contributed by atoms with Crippen molar-refractivity contribution in [2.45, 2.75) is 38.6 Å². The van der Waals surface area contributed by atoms with Gasteiger partial charge in [-0.3, -0.25) is 4.79 Å². The van der Waals surface area contributed by atoms with Crippen molar-refractivity contribution in [2.75, 3.05) is 19.6 Å². The molecule has 2 N–H and O–H groups in total. The zero-order valence-electron chi connectivity index (χ0n) is 11.0. The van der Waals surface area contributed by atoms with Gasteiger partial charge in [0, 0.05) is 43.9 Å². The van der Waals surface area contributed by atoms with Gasteiger partial charge in [0.05, 0.1) is 6.33 Å². The fraction of sp³-hybridized carbons (Fsp3) is 0.692. The summed E-state index contributed by atoms with van der Waals surface area (Å²) in [5.74, 6) is 0.673. The molecule has 0 saturated carbocycles. The Morgan fingerprint density at radius 2 is 2.56 bits per heavy atom. The van der Waals surface area contributed by atoms with E-state index in [0.29, 0.717) is 12.3 Å². The maximum Gasteiger partial charge on any atom is 0.221 e. The lowest BCUT2D eigenvalue weighted by Gasteiger charge is -2.12. The zero-order valence-corrected chi connectivity index (χ0v) is 11.0. The molecule has 1 aromatic rings. The molecule has 1 unspecified atom stereocenters. The van der Waals surface area contributed by atoms with Gasteiger partial charge >= 0.3 is 0 Å². The number of carbonyl (C=O) groups excluding carboxylic acids is 1. The van der Waals surface area contributed by atoms with Gasteiger partial charge in [-0.15, -0.1) is 0 Å². The summed E-state index contributed by atoms with van der Waals surface area (Å²) in [6, 6.07) is 0. The Bertz CT molecular complexity index is 382. The lowest BCUT2D eigenvalue weighted by molar-refractivity contribution is -0.121. The molecular formula is C13H22N4O. The second-order valence-corrected chi connectivity index (χ2v) is 4.80. The molecule has 18 heavy (non-hydrogen) atoms. The summed E-state index contributed by atoms with van der Waals surface area (Å²) in [5.41, 5.74) is 1.25. The van der Waals surface area contributed by atoms with Crippen molar-refractivity contribution >= 4 is 5.91 Å². The molecule has 0 bridgehead atoms. The summed E-state index contributed by atoms with van der Waals surface area (Å²) < 4.78 is 2.11. The van der Waals surface area contributed by atoms with Gasteiger partial charge in [-0.25, -0.2) is 4.98 Å². The summed E-state index contributed by atoms with van der Waals surface area (Å²) in [5, 5.41) is 6.26. The molecule has 2 rings (SSSR count). The number of amides is 1. The predicted octanol–water partition coefficient (Wildman–Crippen LogP) is 0.876. The molecule has 1 aliphatic rings. The summed E-state index contributed by atoms with van der Waals surface area (Å²) in [4.78, 5) is 15.8. The van der Waals surface area contributed by atoms with E-state index >= 15 is 0 Å². The minimum atomic E-state index is 0.126. The summed E-state index contributed by atoms with van der Waals surface area (Å²) >= 11 is 0. The van der Waals surface area contributed by atoms with Crippen LogP contribution >= 0.6 is 0 Å². The highest BCUT2D eigenvalue weighted by atomic mass is 16.1. The quantitative estimate of drug-likeness (QED) is 0.788. The van der Waals surface area contributed by atoms with Crippen molar-refractivity contribution in [1.82, 2.24) is 20.2 Å². The molecule has 5 nitrogen and oxygen atoms in total. The van der Waals surface area contributed by atoms with E-state index in [0.717, 1.165) is 39.0 Å². The average molecular weight is 250 g/mol. The Hall–Kier alpha value is -1.36. The third-order valence-corrected chi connectivity index (χ3v) is 3.38. The van der Waals surface area contributed by atoms with Crippen LogP contribution < -0.4 is 10.6 Å². The lowest BCUT2D eigenvalue weighted by Crippen LogP contribution is -2.25. The van der Waals surface area contributed by atoms with Gasteiger partial charge in [-0.2, -0.15) is 0 Å². The van der Waals surface area contributed by atoms with E-state index < -0.39 is 0 Å². The van der Waals surface area contributed by atoms with Crippen molar-refractivity contribution < 1.29 is 4.79 Å². The normalized spacial score (nSPS) is 19.1. The van der Waals surface area contributed by atoms with Crippen molar-refractivity contribution in [3.05, 3.63) is 18.2 Å². The summed E-state index contributed by atoms with van der Waals surface area (Å²) in [7, 11) is 0. The van der Waals surface area contributed by atoms with Crippen LogP contribution in [0, 0.1) is 0 Å². The average Bonchev–Trinajstić information content (AvgIpc) is 3.03. The molecule has 2 heterocycles. The highest BCUT2D eigenvalue weighted by Gasteiger charge is 2.20. The Morgan fingerprint density at radius 1 is 1.67 bits per heavy atom. The van der Waals surface area contributed by atoms with Crippen molar-refractivity contribution in [3.63, 3.8) is 0 Å². The Balaban J connectivity index is 1.85. The Labute approximate surface area is 108 Å². The molecule has 0 aromatic carbocycles. The smallest absolute Gasteiger partial charge is 0.221 e. The topological polar surface area (TPSA) is 59.0 Å². The van der Waals surface area contributed by atoms with Crippen LogP contribution in [0.3, 0.4) is 0 Å². The first-order valence-corrected chi connectivity index (χ1v) is 6.78. The van der Waals surface area contributed by atoms with Gasteiger partial charge in [0.2, 0.25) is 5.91 Å². The van der Waals surface area contributed by atoms with Crippen LogP contribution in [0.2, 0.25) is 0 Å². The third-order valence-electron chi connectivity index (χ3n) is 3.38. The van der Waals surface area contributed by atoms with Gasteiger partial charge in [0.15, 0.2) is 0 Å². The highest BCUT2D eigenvalue weighted by molar-refractivity contribution is 5.75. The molecule has 1 saturated heterocycles. The van der Waals surface area contributed by atoms with Gasteiger partial charge in [-0.05, 0) is 19.4 Å². The summed E-state index contributed by atoms with van der Waals surface area (Å²) in [6.07, 6.45) is 6.44. The van der Waals surface area contributed by atoms with Crippen LogP contribution in [-0.2, 0) is 11.3 Å². The van der Waals surface area contributed by atoms with Crippen molar-refractivity contribution in [2.24, 2.45) is 0 Å². The maximum atomic E-state index is 11.6.